The fraction of sp³-hybridized carbons (Fsp3) is 0.0476. The van der Waals surface area contributed by atoms with E-state index in [1.807, 2.05) is 36.4 Å². The molecule has 0 saturated heterocycles. The van der Waals surface area contributed by atoms with E-state index in [9.17, 15) is 13.2 Å². The minimum absolute atomic E-state index is 0.424. The summed E-state index contributed by atoms with van der Waals surface area (Å²) in [5.41, 5.74) is 1.54. The maximum absolute atomic E-state index is 13.4. The molecule has 27 heavy (non-hydrogen) atoms. The summed E-state index contributed by atoms with van der Waals surface area (Å²) in [6.45, 7) is 3.76. The SMILES string of the molecule is C=CC(c1cccc2ccccc12)S(=O)(=O)n1ncc2cc(C=O)ccc21. The van der Waals surface area contributed by atoms with E-state index in [-0.39, 0.29) is 0 Å². The number of hydrogen-bond donors (Lipinski definition) is 0. The lowest BCUT2D eigenvalue weighted by Gasteiger charge is -2.17. The van der Waals surface area contributed by atoms with E-state index in [0.29, 0.717) is 28.3 Å². The highest BCUT2D eigenvalue weighted by Crippen LogP contribution is 2.32. The molecule has 0 N–H and O–H groups in total. The summed E-state index contributed by atoms with van der Waals surface area (Å²) in [6, 6.07) is 18.0. The zero-order valence-electron chi connectivity index (χ0n) is 14.3. The molecule has 1 heterocycles. The fourth-order valence-corrected chi connectivity index (χ4v) is 4.92. The molecular weight excluding hydrogens is 360 g/mol. The number of carbonyl (C=O) groups excluding carboxylic acids is 1. The second-order valence-corrected chi connectivity index (χ2v) is 8.08. The van der Waals surface area contributed by atoms with Crippen LogP contribution >= 0.6 is 0 Å². The molecule has 0 spiro atoms. The molecular formula is C21H16N2O3S. The van der Waals surface area contributed by atoms with Crippen LogP contribution in [-0.2, 0) is 10.0 Å². The Morgan fingerprint density at radius 2 is 1.78 bits per heavy atom. The second-order valence-electron chi connectivity index (χ2n) is 6.19. The average molecular weight is 376 g/mol. The van der Waals surface area contributed by atoms with Gasteiger partial charge in [-0.3, -0.25) is 4.79 Å². The minimum Gasteiger partial charge on any atom is -0.298 e. The lowest BCUT2D eigenvalue weighted by atomic mass is 10.0. The van der Waals surface area contributed by atoms with E-state index >= 15 is 0 Å². The first kappa shape index (κ1) is 17.2. The molecule has 3 aromatic carbocycles. The normalized spacial score (nSPS) is 12.9. The summed E-state index contributed by atoms with van der Waals surface area (Å²) in [7, 11) is -3.90. The number of carbonyl (C=O) groups is 1. The smallest absolute Gasteiger partial charge is 0.265 e. The lowest BCUT2D eigenvalue weighted by Crippen LogP contribution is -2.21. The topological polar surface area (TPSA) is 69.0 Å². The van der Waals surface area contributed by atoms with Crippen molar-refractivity contribution in [1.29, 1.82) is 0 Å². The highest BCUT2D eigenvalue weighted by molar-refractivity contribution is 7.90. The van der Waals surface area contributed by atoms with Crippen LogP contribution in [0.2, 0.25) is 0 Å². The van der Waals surface area contributed by atoms with Gasteiger partial charge in [0.15, 0.2) is 0 Å². The quantitative estimate of drug-likeness (QED) is 0.388. The van der Waals surface area contributed by atoms with E-state index in [1.54, 1.807) is 24.3 Å². The first-order chi connectivity index (χ1) is 13.1. The van der Waals surface area contributed by atoms with E-state index in [0.717, 1.165) is 14.9 Å². The van der Waals surface area contributed by atoms with Gasteiger partial charge in [0.05, 0.1) is 11.7 Å². The van der Waals surface area contributed by atoms with Crippen molar-refractivity contribution in [2.75, 3.05) is 0 Å². The van der Waals surface area contributed by atoms with Crippen LogP contribution in [0, 0.1) is 0 Å². The van der Waals surface area contributed by atoms with Gasteiger partial charge in [-0.25, -0.2) is 8.42 Å². The van der Waals surface area contributed by atoms with Gasteiger partial charge in [0.1, 0.15) is 11.5 Å². The van der Waals surface area contributed by atoms with Crippen molar-refractivity contribution in [1.82, 2.24) is 9.19 Å². The molecule has 0 aliphatic carbocycles. The third kappa shape index (κ3) is 2.74. The van der Waals surface area contributed by atoms with Crippen LogP contribution in [0.4, 0.5) is 0 Å². The molecule has 1 atom stereocenters. The van der Waals surface area contributed by atoms with Crippen LogP contribution in [0.5, 0.6) is 0 Å². The Hall–Kier alpha value is -3.25. The number of nitrogens with zero attached hydrogens (tertiary/aromatic N) is 2. The maximum atomic E-state index is 13.4. The van der Waals surface area contributed by atoms with Crippen molar-refractivity contribution < 1.29 is 13.2 Å². The van der Waals surface area contributed by atoms with Crippen LogP contribution in [-0.4, -0.2) is 23.9 Å². The van der Waals surface area contributed by atoms with Gasteiger partial charge in [-0.2, -0.15) is 9.19 Å². The van der Waals surface area contributed by atoms with Crippen molar-refractivity contribution in [2.24, 2.45) is 0 Å². The van der Waals surface area contributed by atoms with Crippen LogP contribution in [0.3, 0.4) is 0 Å². The summed E-state index contributed by atoms with van der Waals surface area (Å²) in [4.78, 5) is 11.0. The third-order valence-electron chi connectivity index (χ3n) is 4.60. The fourth-order valence-electron chi connectivity index (χ4n) is 3.32. The number of benzene rings is 3. The second kappa shape index (κ2) is 6.48. The van der Waals surface area contributed by atoms with Crippen molar-refractivity contribution in [3.63, 3.8) is 0 Å². The average Bonchev–Trinajstić information content (AvgIpc) is 3.12. The van der Waals surface area contributed by atoms with Crippen molar-refractivity contribution >= 4 is 38.0 Å². The molecule has 1 aromatic heterocycles. The molecule has 0 bridgehead atoms. The highest BCUT2D eigenvalue weighted by Gasteiger charge is 2.29. The highest BCUT2D eigenvalue weighted by atomic mass is 32.2. The number of aldehydes is 1. The molecule has 0 radical (unpaired) electrons. The molecule has 0 fully saturated rings. The van der Waals surface area contributed by atoms with Gasteiger partial charge < -0.3 is 0 Å². The van der Waals surface area contributed by atoms with Gasteiger partial charge in [-0.1, -0.05) is 48.5 Å². The van der Waals surface area contributed by atoms with Gasteiger partial charge in [0.2, 0.25) is 0 Å². The van der Waals surface area contributed by atoms with E-state index in [1.165, 1.54) is 12.3 Å². The number of hydrogen-bond acceptors (Lipinski definition) is 4. The van der Waals surface area contributed by atoms with Crippen LogP contribution in [0.1, 0.15) is 21.2 Å². The molecule has 5 nitrogen and oxygen atoms in total. The van der Waals surface area contributed by atoms with Gasteiger partial charge in [0.25, 0.3) is 10.0 Å². The zero-order valence-corrected chi connectivity index (χ0v) is 15.1. The van der Waals surface area contributed by atoms with Gasteiger partial charge in [0, 0.05) is 10.9 Å². The molecule has 4 aromatic rings. The largest absolute Gasteiger partial charge is 0.298 e. The Bertz CT molecular complexity index is 1280. The Balaban J connectivity index is 1.92. The molecule has 4 rings (SSSR count). The lowest BCUT2D eigenvalue weighted by molar-refractivity contribution is 0.112. The Morgan fingerprint density at radius 3 is 2.56 bits per heavy atom. The first-order valence-electron chi connectivity index (χ1n) is 8.34. The molecule has 1 unspecified atom stereocenters. The van der Waals surface area contributed by atoms with Gasteiger partial charge in [-0.05, 0) is 34.5 Å². The monoisotopic (exact) mass is 376 g/mol. The summed E-state index contributed by atoms with van der Waals surface area (Å²) < 4.78 is 27.8. The van der Waals surface area contributed by atoms with Crippen molar-refractivity contribution in [2.45, 2.75) is 5.25 Å². The molecule has 6 heteroatoms. The molecule has 0 aliphatic rings. The Kier molecular flexibility index (Phi) is 4.12. The maximum Gasteiger partial charge on any atom is 0.265 e. The minimum atomic E-state index is -3.90. The van der Waals surface area contributed by atoms with Crippen molar-refractivity contribution in [3.05, 3.63) is 90.6 Å². The predicted octanol–water partition coefficient (Wildman–Crippen LogP) is 4.11. The van der Waals surface area contributed by atoms with E-state index < -0.39 is 15.3 Å². The van der Waals surface area contributed by atoms with Gasteiger partial charge >= 0.3 is 0 Å². The van der Waals surface area contributed by atoms with Crippen LogP contribution in [0.15, 0.2) is 79.5 Å². The van der Waals surface area contributed by atoms with E-state index in [4.69, 9.17) is 0 Å². The van der Waals surface area contributed by atoms with Crippen LogP contribution in [0.25, 0.3) is 21.7 Å². The summed E-state index contributed by atoms with van der Waals surface area (Å²) >= 11 is 0. The summed E-state index contributed by atoms with van der Waals surface area (Å²) in [6.07, 6.45) is 3.58. The summed E-state index contributed by atoms with van der Waals surface area (Å²) in [5, 5.41) is 5.52. The number of fused-ring (bicyclic) bond motifs is 2. The predicted molar refractivity (Wildman–Crippen MR) is 106 cm³/mol. The van der Waals surface area contributed by atoms with Crippen LogP contribution < -0.4 is 0 Å². The number of aromatic nitrogens is 2. The molecule has 0 aliphatic heterocycles. The summed E-state index contributed by atoms with van der Waals surface area (Å²) in [5.74, 6) is 0. The number of rotatable bonds is 5. The molecule has 134 valence electrons. The standard InChI is InChI=1S/C21H16N2O3S/c1-2-21(19-9-5-7-16-6-3-4-8-18(16)19)27(25,26)23-20-11-10-15(14-24)12-17(20)13-22-23/h2-14,21H,1H2. The molecule has 0 amide bonds. The first-order valence-corrected chi connectivity index (χ1v) is 9.84. The molecule has 0 saturated carbocycles. The Labute approximate surface area is 156 Å². The van der Waals surface area contributed by atoms with E-state index in [2.05, 4.69) is 11.7 Å². The van der Waals surface area contributed by atoms with Gasteiger partial charge in [-0.15, -0.1) is 6.58 Å². The third-order valence-corrected chi connectivity index (χ3v) is 6.46. The zero-order chi connectivity index (χ0) is 19.0. The Morgan fingerprint density at radius 1 is 1.00 bits per heavy atom. The van der Waals surface area contributed by atoms with Crippen molar-refractivity contribution in [3.8, 4) is 0 Å².